The minimum Gasteiger partial charge on any atom is -0.390 e. The zero-order valence-corrected chi connectivity index (χ0v) is 19.3. The highest BCUT2D eigenvalue weighted by atomic mass is 16.3. The summed E-state index contributed by atoms with van der Waals surface area (Å²) in [7, 11) is 0. The normalized spacial score (nSPS) is 51.3. The summed E-state index contributed by atoms with van der Waals surface area (Å²) in [5.41, 5.74) is 0.0977. The maximum Gasteiger partial charge on any atom is 0.0622 e. The molecule has 1 unspecified atom stereocenters. The van der Waals surface area contributed by atoms with Gasteiger partial charge in [0.1, 0.15) is 0 Å². The first-order chi connectivity index (χ1) is 12.9. The Morgan fingerprint density at radius 2 is 1.57 bits per heavy atom. The Labute approximate surface area is 173 Å². The van der Waals surface area contributed by atoms with Crippen LogP contribution in [0.5, 0.6) is 0 Å². The molecule has 4 rings (SSSR count). The smallest absolute Gasteiger partial charge is 0.0622 e. The Bertz CT molecular complexity index is 575. The number of fused-ring (bicyclic) bond motifs is 5. The molecule has 0 amide bonds. The second-order valence-corrected chi connectivity index (χ2v) is 12.9. The predicted molar refractivity (Wildman–Crippen MR) is 116 cm³/mol. The minimum absolute atomic E-state index is 0.418. The van der Waals surface area contributed by atoms with E-state index < -0.39 is 11.2 Å². The summed E-state index contributed by atoms with van der Waals surface area (Å²) in [5.74, 6) is 4.38. The van der Waals surface area contributed by atoms with E-state index in [1.54, 1.807) is 0 Å². The summed E-state index contributed by atoms with van der Waals surface area (Å²) in [4.78, 5) is 0. The van der Waals surface area contributed by atoms with Crippen LogP contribution < -0.4 is 0 Å². The molecule has 4 aliphatic rings. The summed E-state index contributed by atoms with van der Waals surface area (Å²) in [6.45, 7) is 11.2. The molecule has 8 atom stereocenters. The average Bonchev–Trinajstić information content (AvgIpc) is 2.91. The van der Waals surface area contributed by atoms with Crippen molar-refractivity contribution < 1.29 is 10.2 Å². The lowest BCUT2D eigenvalue weighted by molar-refractivity contribution is -0.146. The fourth-order valence-corrected chi connectivity index (χ4v) is 8.80. The standard InChI is InChI=1S/C26H46O2/c1-23(2,27)13-6-7-18-9-11-21-20-10-8-19-17-24(3,28)15-16-26(19,5)22(20)12-14-25(18,21)4/h18-22,27-28H,6-17H2,1-5H3/t18-,19-,20-,21-,22?,24-,25+,26-/m0/s1. The molecule has 2 nitrogen and oxygen atoms in total. The van der Waals surface area contributed by atoms with Crippen LogP contribution in [0.3, 0.4) is 0 Å². The van der Waals surface area contributed by atoms with Crippen molar-refractivity contribution in [2.45, 2.75) is 123 Å². The molecule has 2 heteroatoms. The van der Waals surface area contributed by atoms with Crippen LogP contribution in [0.15, 0.2) is 0 Å². The Hall–Kier alpha value is -0.0800. The fourth-order valence-electron chi connectivity index (χ4n) is 8.80. The molecule has 0 radical (unpaired) electrons. The van der Waals surface area contributed by atoms with Crippen molar-refractivity contribution in [2.24, 2.45) is 40.4 Å². The lowest BCUT2D eigenvalue weighted by atomic mass is 9.44. The van der Waals surface area contributed by atoms with Gasteiger partial charge in [0, 0.05) is 0 Å². The first-order valence-corrected chi connectivity index (χ1v) is 12.4. The highest BCUT2D eigenvalue weighted by molar-refractivity contribution is 5.10. The first kappa shape index (κ1) is 21.2. The van der Waals surface area contributed by atoms with E-state index >= 15 is 0 Å². The first-order valence-electron chi connectivity index (χ1n) is 12.4. The zero-order valence-electron chi connectivity index (χ0n) is 19.3. The lowest BCUT2D eigenvalue weighted by Crippen LogP contribution is -2.55. The van der Waals surface area contributed by atoms with Crippen LogP contribution in [0.2, 0.25) is 0 Å². The SMILES string of the molecule is CC(C)(O)CCC[C@H]1CC[C@H]2[C@@H]3CC[C@H]4C[C@@](C)(O)CC[C@]4(C)C3CC[C@]12C. The molecule has 28 heavy (non-hydrogen) atoms. The van der Waals surface area contributed by atoms with Crippen molar-refractivity contribution in [3.63, 3.8) is 0 Å². The fraction of sp³-hybridized carbons (Fsp3) is 1.00. The lowest BCUT2D eigenvalue weighted by Gasteiger charge is -2.62. The molecule has 4 saturated carbocycles. The van der Waals surface area contributed by atoms with Gasteiger partial charge in [-0.25, -0.2) is 0 Å². The molecular weight excluding hydrogens is 344 g/mol. The minimum atomic E-state index is -0.508. The second-order valence-electron chi connectivity index (χ2n) is 12.9. The van der Waals surface area contributed by atoms with Crippen LogP contribution in [0, 0.1) is 40.4 Å². The van der Waals surface area contributed by atoms with Crippen LogP contribution >= 0.6 is 0 Å². The Kier molecular flexibility index (Phi) is 5.27. The number of aliphatic hydroxyl groups is 2. The summed E-state index contributed by atoms with van der Waals surface area (Å²) in [6, 6.07) is 0. The maximum absolute atomic E-state index is 10.7. The van der Waals surface area contributed by atoms with Gasteiger partial charge in [0.15, 0.2) is 0 Å². The highest BCUT2D eigenvalue weighted by Crippen LogP contribution is 2.68. The average molecular weight is 391 g/mol. The van der Waals surface area contributed by atoms with Crippen LogP contribution in [-0.4, -0.2) is 21.4 Å². The van der Waals surface area contributed by atoms with E-state index in [1.165, 1.54) is 57.8 Å². The summed E-state index contributed by atoms with van der Waals surface area (Å²) >= 11 is 0. The molecule has 0 spiro atoms. The van der Waals surface area contributed by atoms with E-state index in [-0.39, 0.29) is 0 Å². The van der Waals surface area contributed by atoms with E-state index in [1.807, 2.05) is 13.8 Å². The highest BCUT2D eigenvalue weighted by Gasteiger charge is 2.60. The largest absolute Gasteiger partial charge is 0.390 e. The van der Waals surface area contributed by atoms with Crippen LogP contribution in [-0.2, 0) is 0 Å². The Balaban J connectivity index is 1.46. The van der Waals surface area contributed by atoms with Gasteiger partial charge in [0.2, 0.25) is 0 Å². The monoisotopic (exact) mass is 390 g/mol. The quantitative estimate of drug-likeness (QED) is 0.588. The van der Waals surface area contributed by atoms with Gasteiger partial charge in [-0.1, -0.05) is 20.3 Å². The molecule has 0 bridgehead atoms. The second kappa shape index (κ2) is 6.98. The molecule has 0 heterocycles. The van der Waals surface area contributed by atoms with Crippen LogP contribution in [0.4, 0.5) is 0 Å². The maximum atomic E-state index is 10.7. The van der Waals surface area contributed by atoms with E-state index in [2.05, 4.69) is 20.8 Å². The van der Waals surface area contributed by atoms with E-state index in [9.17, 15) is 10.2 Å². The molecule has 0 aromatic carbocycles. The van der Waals surface area contributed by atoms with Gasteiger partial charge in [-0.15, -0.1) is 0 Å². The molecule has 0 saturated heterocycles. The third-order valence-electron chi connectivity index (χ3n) is 10.5. The van der Waals surface area contributed by atoms with Crippen molar-refractivity contribution in [3.8, 4) is 0 Å². The topological polar surface area (TPSA) is 40.5 Å². The van der Waals surface area contributed by atoms with Gasteiger partial charge in [-0.3, -0.25) is 0 Å². The summed E-state index contributed by atoms with van der Waals surface area (Å²) in [5, 5.41) is 20.8. The number of rotatable bonds is 4. The van der Waals surface area contributed by atoms with Crippen LogP contribution in [0.25, 0.3) is 0 Å². The molecule has 0 aliphatic heterocycles. The Morgan fingerprint density at radius 3 is 2.29 bits per heavy atom. The molecule has 0 aromatic rings. The molecule has 4 fully saturated rings. The van der Waals surface area contributed by atoms with Gasteiger partial charge in [0.05, 0.1) is 11.2 Å². The Morgan fingerprint density at radius 1 is 0.857 bits per heavy atom. The van der Waals surface area contributed by atoms with Gasteiger partial charge in [-0.2, -0.15) is 0 Å². The van der Waals surface area contributed by atoms with Crippen molar-refractivity contribution >= 4 is 0 Å². The van der Waals surface area contributed by atoms with E-state index in [0.29, 0.717) is 10.8 Å². The van der Waals surface area contributed by atoms with Crippen molar-refractivity contribution in [2.75, 3.05) is 0 Å². The summed E-state index contributed by atoms with van der Waals surface area (Å²) in [6.07, 6.45) is 15.2. The van der Waals surface area contributed by atoms with Crippen LogP contribution in [0.1, 0.15) is 112 Å². The van der Waals surface area contributed by atoms with Crippen molar-refractivity contribution in [3.05, 3.63) is 0 Å². The number of hydrogen-bond donors (Lipinski definition) is 2. The van der Waals surface area contributed by atoms with Gasteiger partial charge in [0.25, 0.3) is 0 Å². The van der Waals surface area contributed by atoms with Crippen molar-refractivity contribution in [1.82, 2.24) is 0 Å². The molecule has 2 N–H and O–H groups in total. The molecule has 162 valence electrons. The molecule has 4 aliphatic carbocycles. The predicted octanol–water partition coefficient (Wildman–Crippen LogP) is 6.34. The van der Waals surface area contributed by atoms with E-state index in [0.717, 1.165) is 48.9 Å². The summed E-state index contributed by atoms with van der Waals surface area (Å²) < 4.78 is 0. The third kappa shape index (κ3) is 3.59. The van der Waals surface area contributed by atoms with Gasteiger partial charge >= 0.3 is 0 Å². The van der Waals surface area contributed by atoms with E-state index in [4.69, 9.17) is 0 Å². The zero-order chi connectivity index (χ0) is 20.4. The van der Waals surface area contributed by atoms with Crippen molar-refractivity contribution in [1.29, 1.82) is 0 Å². The number of hydrogen-bond acceptors (Lipinski definition) is 2. The van der Waals surface area contributed by atoms with Gasteiger partial charge < -0.3 is 10.2 Å². The van der Waals surface area contributed by atoms with Gasteiger partial charge in [-0.05, 0) is 132 Å². The molecule has 0 aromatic heterocycles. The molecular formula is C26H46O2. The third-order valence-corrected chi connectivity index (χ3v) is 10.5.